The third kappa shape index (κ3) is 1.94. The highest BCUT2D eigenvalue weighted by molar-refractivity contribution is 5.85. The van der Waals surface area contributed by atoms with Gasteiger partial charge in [-0.25, -0.2) is 4.79 Å². The van der Waals surface area contributed by atoms with E-state index in [1.165, 1.54) is 6.08 Å². The Morgan fingerprint density at radius 2 is 2.36 bits per heavy atom. The molecule has 4 nitrogen and oxygen atoms in total. The molecule has 0 aromatic heterocycles. The summed E-state index contributed by atoms with van der Waals surface area (Å²) in [7, 11) is 0. The quantitative estimate of drug-likeness (QED) is 0.579. The molecule has 2 N–H and O–H groups in total. The number of ether oxygens (including phenoxy) is 2. The lowest BCUT2D eigenvalue weighted by molar-refractivity contribution is -0.165. The number of nitrogens with two attached hydrogens (primary N) is 1. The molecule has 0 fully saturated rings. The van der Waals surface area contributed by atoms with Gasteiger partial charge < -0.3 is 15.2 Å². The van der Waals surface area contributed by atoms with Crippen LogP contribution in [0.5, 0.6) is 0 Å². The molecule has 0 amide bonds. The standard InChI is InChI=1S/C7H11NO3/c1-4(2)10-7-5(8)3-6(9)11-7/h3-4,7H,8H2,1-2H3. The van der Waals surface area contributed by atoms with Gasteiger partial charge in [0.15, 0.2) is 0 Å². The lowest BCUT2D eigenvalue weighted by Crippen LogP contribution is -2.23. The van der Waals surface area contributed by atoms with Gasteiger partial charge in [0.2, 0.25) is 6.29 Å². The molecule has 0 saturated carbocycles. The summed E-state index contributed by atoms with van der Waals surface area (Å²) in [6.45, 7) is 3.69. The second-order valence-corrected chi connectivity index (χ2v) is 2.60. The largest absolute Gasteiger partial charge is 0.426 e. The smallest absolute Gasteiger partial charge is 0.335 e. The SMILES string of the molecule is CC(C)OC1OC(=O)C=C1N. The van der Waals surface area contributed by atoms with Gasteiger partial charge in [-0.2, -0.15) is 0 Å². The zero-order valence-electron chi connectivity index (χ0n) is 6.53. The van der Waals surface area contributed by atoms with E-state index in [9.17, 15) is 4.79 Å². The molecule has 1 unspecified atom stereocenters. The van der Waals surface area contributed by atoms with Gasteiger partial charge >= 0.3 is 5.97 Å². The maximum absolute atomic E-state index is 10.6. The molecule has 1 aliphatic rings. The van der Waals surface area contributed by atoms with Crippen molar-refractivity contribution in [1.29, 1.82) is 0 Å². The molecule has 1 atom stereocenters. The van der Waals surface area contributed by atoms with E-state index in [0.717, 1.165) is 0 Å². The van der Waals surface area contributed by atoms with Crippen LogP contribution in [0.4, 0.5) is 0 Å². The van der Waals surface area contributed by atoms with Crippen LogP contribution in [0.25, 0.3) is 0 Å². The summed E-state index contributed by atoms with van der Waals surface area (Å²) >= 11 is 0. The molecule has 4 heteroatoms. The minimum Gasteiger partial charge on any atom is -0.426 e. The first kappa shape index (κ1) is 8.07. The van der Waals surface area contributed by atoms with Crippen molar-refractivity contribution in [3.05, 3.63) is 11.8 Å². The van der Waals surface area contributed by atoms with Crippen molar-refractivity contribution in [2.45, 2.75) is 26.2 Å². The van der Waals surface area contributed by atoms with E-state index in [0.29, 0.717) is 5.70 Å². The Morgan fingerprint density at radius 3 is 2.73 bits per heavy atom. The second-order valence-electron chi connectivity index (χ2n) is 2.60. The number of cyclic esters (lactones) is 1. The van der Waals surface area contributed by atoms with Crippen molar-refractivity contribution in [3.63, 3.8) is 0 Å². The number of hydrogen-bond acceptors (Lipinski definition) is 4. The summed E-state index contributed by atoms with van der Waals surface area (Å²) in [4.78, 5) is 10.6. The number of carbonyl (C=O) groups excluding carboxylic acids is 1. The van der Waals surface area contributed by atoms with Crippen molar-refractivity contribution in [1.82, 2.24) is 0 Å². The highest BCUT2D eigenvalue weighted by Crippen LogP contribution is 2.13. The molecule has 0 aromatic rings. The Morgan fingerprint density at radius 1 is 1.73 bits per heavy atom. The van der Waals surface area contributed by atoms with E-state index in [-0.39, 0.29) is 6.10 Å². The molecule has 0 aromatic carbocycles. The van der Waals surface area contributed by atoms with Gasteiger partial charge in [-0.15, -0.1) is 0 Å². The van der Waals surface area contributed by atoms with E-state index in [1.54, 1.807) is 0 Å². The predicted octanol–water partition coefficient (Wildman–Crippen LogP) is 0.137. The summed E-state index contributed by atoms with van der Waals surface area (Å²) < 4.78 is 9.86. The molecule has 0 bridgehead atoms. The molecular weight excluding hydrogens is 146 g/mol. The Labute approximate surface area is 65.0 Å². The van der Waals surface area contributed by atoms with Crippen LogP contribution in [0.2, 0.25) is 0 Å². The summed E-state index contributed by atoms with van der Waals surface area (Å²) in [6, 6.07) is 0. The molecule has 1 aliphatic heterocycles. The predicted molar refractivity (Wildman–Crippen MR) is 38.4 cm³/mol. The maximum Gasteiger partial charge on any atom is 0.335 e. The summed E-state index contributed by atoms with van der Waals surface area (Å²) in [5, 5.41) is 0. The number of esters is 1. The molecular formula is C7H11NO3. The van der Waals surface area contributed by atoms with E-state index in [2.05, 4.69) is 0 Å². The Kier molecular flexibility index (Phi) is 2.14. The highest BCUT2D eigenvalue weighted by atomic mass is 16.7. The fraction of sp³-hybridized carbons (Fsp3) is 0.571. The van der Waals surface area contributed by atoms with Crippen LogP contribution >= 0.6 is 0 Å². The average molecular weight is 157 g/mol. The van der Waals surface area contributed by atoms with Crippen molar-refractivity contribution >= 4 is 5.97 Å². The average Bonchev–Trinajstić information content (AvgIpc) is 2.09. The van der Waals surface area contributed by atoms with Crippen molar-refractivity contribution < 1.29 is 14.3 Å². The molecule has 1 rings (SSSR count). The van der Waals surface area contributed by atoms with Crippen LogP contribution in [0.1, 0.15) is 13.8 Å². The fourth-order valence-corrected chi connectivity index (χ4v) is 0.765. The Hall–Kier alpha value is -1.03. The van der Waals surface area contributed by atoms with Crippen LogP contribution in [0.15, 0.2) is 11.8 Å². The van der Waals surface area contributed by atoms with Crippen LogP contribution in [-0.2, 0) is 14.3 Å². The van der Waals surface area contributed by atoms with Crippen LogP contribution < -0.4 is 5.73 Å². The zero-order valence-corrected chi connectivity index (χ0v) is 6.53. The second kappa shape index (κ2) is 2.92. The minimum atomic E-state index is -0.678. The van der Waals surface area contributed by atoms with Gasteiger partial charge in [-0.1, -0.05) is 0 Å². The van der Waals surface area contributed by atoms with E-state index >= 15 is 0 Å². The lowest BCUT2D eigenvalue weighted by atomic mass is 10.4. The first-order valence-electron chi connectivity index (χ1n) is 3.42. The number of carbonyl (C=O) groups is 1. The fourth-order valence-electron chi connectivity index (χ4n) is 0.765. The van der Waals surface area contributed by atoms with Gasteiger partial charge in [-0.3, -0.25) is 0 Å². The van der Waals surface area contributed by atoms with Gasteiger partial charge in [0, 0.05) is 6.08 Å². The first-order chi connectivity index (χ1) is 5.09. The monoisotopic (exact) mass is 157 g/mol. The van der Waals surface area contributed by atoms with Crippen molar-refractivity contribution in [2.24, 2.45) is 5.73 Å². The molecule has 0 saturated heterocycles. The Balaban J connectivity index is 2.50. The van der Waals surface area contributed by atoms with Gasteiger partial charge in [-0.05, 0) is 13.8 Å². The van der Waals surface area contributed by atoms with Crippen LogP contribution in [0.3, 0.4) is 0 Å². The van der Waals surface area contributed by atoms with E-state index in [1.807, 2.05) is 13.8 Å². The third-order valence-corrected chi connectivity index (χ3v) is 1.18. The minimum absolute atomic E-state index is 0.00199. The maximum atomic E-state index is 10.6. The van der Waals surface area contributed by atoms with Gasteiger partial charge in [0.1, 0.15) is 0 Å². The highest BCUT2D eigenvalue weighted by Gasteiger charge is 2.25. The number of rotatable bonds is 2. The molecule has 0 aliphatic carbocycles. The third-order valence-electron chi connectivity index (χ3n) is 1.18. The molecule has 62 valence electrons. The van der Waals surface area contributed by atoms with Crippen LogP contribution in [-0.4, -0.2) is 18.4 Å². The molecule has 1 heterocycles. The zero-order chi connectivity index (χ0) is 8.43. The lowest BCUT2D eigenvalue weighted by Gasteiger charge is -2.14. The number of hydrogen-bond donors (Lipinski definition) is 1. The molecule has 0 spiro atoms. The van der Waals surface area contributed by atoms with Gasteiger partial charge in [0.25, 0.3) is 0 Å². The molecule has 0 radical (unpaired) electrons. The first-order valence-corrected chi connectivity index (χ1v) is 3.42. The van der Waals surface area contributed by atoms with E-state index in [4.69, 9.17) is 15.2 Å². The normalized spacial score (nSPS) is 23.7. The van der Waals surface area contributed by atoms with Gasteiger partial charge in [0.05, 0.1) is 11.8 Å². The Bertz CT molecular complexity index is 198. The van der Waals surface area contributed by atoms with Crippen molar-refractivity contribution in [3.8, 4) is 0 Å². The summed E-state index contributed by atoms with van der Waals surface area (Å²) in [5.74, 6) is -0.437. The van der Waals surface area contributed by atoms with Crippen LogP contribution in [0, 0.1) is 0 Å². The van der Waals surface area contributed by atoms with E-state index < -0.39 is 12.3 Å². The summed E-state index contributed by atoms with van der Waals surface area (Å²) in [5.41, 5.74) is 5.74. The summed E-state index contributed by atoms with van der Waals surface area (Å²) in [6.07, 6.45) is 0.549. The van der Waals surface area contributed by atoms with Crippen molar-refractivity contribution in [2.75, 3.05) is 0 Å². The molecule has 11 heavy (non-hydrogen) atoms. The topological polar surface area (TPSA) is 61.5 Å².